The second-order valence-corrected chi connectivity index (χ2v) is 5.52. The molecule has 4 nitrogen and oxygen atoms in total. The quantitative estimate of drug-likeness (QED) is 0.840. The van der Waals surface area contributed by atoms with E-state index >= 15 is 0 Å². The highest BCUT2D eigenvalue weighted by atomic mass is 19.1. The highest BCUT2D eigenvalue weighted by Crippen LogP contribution is 2.35. The Kier molecular flexibility index (Phi) is 4.40. The summed E-state index contributed by atoms with van der Waals surface area (Å²) < 4.78 is 13.1. The van der Waals surface area contributed by atoms with Gasteiger partial charge >= 0.3 is 5.97 Å². The number of nitrogens with one attached hydrogen (secondary N) is 1. The van der Waals surface area contributed by atoms with E-state index in [9.17, 15) is 19.1 Å². The molecule has 0 fully saturated rings. The zero-order valence-corrected chi connectivity index (χ0v) is 12.0. The Hall–Kier alpha value is -2.17. The van der Waals surface area contributed by atoms with Gasteiger partial charge in [0.1, 0.15) is 5.82 Å². The minimum Gasteiger partial charge on any atom is -0.481 e. The van der Waals surface area contributed by atoms with Crippen molar-refractivity contribution < 1.29 is 19.1 Å². The number of rotatable bonds is 3. The number of carbonyl (C=O) groups excluding carboxylic acids is 1. The lowest BCUT2D eigenvalue weighted by molar-refractivity contribution is -0.146. The lowest BCUT2D eigenvalue weighted by Crippen LogP contribution is -2.36. The smallest absolute Gasteiger partial charge is 0.307 e. The molecule has 1 aliphatic rings. The number of carboxylic acid groups (broad SMARTS) is 1. The van der Waals surface area contributed by atoms with E-state index in [2.05, 4.69) is 5.32 Å². The summed E-state index contributed by atoms with van der Waals surface area (Å²) in [4.78, 5) is 23.7. The van der Waals surface area contributed by atoms with Crippen LogP contribution in [0.5, 0.6) is 0 Å². The van der Waals surface area contributed by atoms with Crippen LogP contribution in [0.15, 0.2) is 35.4 Å². The standard InChI is InChI=1S/C16H18FNO3/c1-9-6-13(14(16(20)21)7-10(9)2)15(19)18-12-5-3-4-11(17)8-12/h3-5,8,13-14H,6-7H2,1-2H3,(H,18,19)(H,20,21)/t13-,14+/m1/s1. The maximum atomic E-state index is 13.1. The number of carboxylic acids is 1. The number of hydrogen-bond acceptors (Lipinski definition) is 2. The van der Waals surface area contributed by atoms with E-state index in [4.69, 9.17) is 0 Å². The fourth-order valence-electron chi connectivity index (χ4n) is 2.63. The molecular formula is C16H18FNO3. The van der Waals surface area contributed by atoms with E-state index in [1.807, 2.05) is 13.8 Å². The third-order valence-electron chi connectivity index (χ3n) is 4.01. The van der Waals surface area contributed by atoms with Crippen LogP contribution < -0.4 is 5.32 Å². The van der Waals surface area contributed by atoms with Crippen LogP contribution >= 0.6 is 0 Å². The molecule has 0 spiro atoms. The molecule has 2 N–H and O–H groups in total. The number of carbonyl (C=O) groups is 2. The molecule has 0 saturated heterocycles. The molecule has 112 valence electrons. The van der Waals surface area contributed by atoms with Crippen molar-refractivity contribution in [2.75, 3.05) is 5.32 Å². The van der Waals surface area contributed by atoms with Crippen LogP contribution in [0, 0.1) is 17.7 Å². The van der Waals surface area contributed by atoms with Gasteiger partial charge in [-0.1, -0.05) is 17.2 Å². The van der Waals surface area contributed by atoms with Crippen LogP contribution in [0.1, 0.15) is 26.7 Å². The predicted octanol–water partition coefficient (Wildman–Crippen LogP) is 3.21. The summed E-state index contributed by atoms with van der Waals surface area (Å²) in [5.41, 5.74) is 2.41. The van der Waals surface area contributed by atoms with Crippen molar-refractivity contribution >= 4 is 17.6 Å². The van der Waals surface area contributed by atoms with E-state index in [1.54, 1.807) is 6.07 Å². The number of halogens is 1. The minimum absolute atomic E-state index is 0.341. The summed E-state index contributed by atoms with van der Waals surface area (Å²) in [6, 6.07) is 5.57. The average molecular weight is 291 g/mol. The maximum Gasteiger partial charge on any atom is 0.307 e. The number of amides is 1. The van der Waals surface area contributed by atoms with Gasteiger partial charge in [0.25, 0.3) is 0 Å². The van der Waals surface area contributed by atoms with Gasteiger partial charge in [-0.15, -0.1) is 0 Å². The molecule has 5 heteroatoms. The molecule has 0 unspecified atom stereocenters. The zero-order valence-electron chi connectivity index (χ0n) is 12.0. The number of allylic oxidation sites excluding steroid dienone is 2. The molecule has 0 saturated carbocycles. The first kappa shape index (κ1) is 15.2. The second kappa shape index (κ2) is 6.08. The lowest BCUT2D eigenvalue weighted by Gasteiger charge is -2.29. The maximum absolute atomic E-state index is 13.1. The van der Waals surface area contributed by atoms with Crippen LogP contribution in [-0.4, -0.2) is 17.0 Å². The van der Waals surface area contributed by atoms with E-state index < -0.39 is 23.6 Å². The molecule has 1 aromatic rings. The third-order valence-corrected chi connectivity index (χ3v) is 4.01. The molecule has 21 heavy (non-hydrogen) atoms. The molecule has 0 aliphatic heterocycles. The zero-order chi connectivity index (χ0) is 15.6. The van der Waals surface area contributed by atoms with Gasteiger partial charge in [0.2, 0.25) is 5.91 Å². The summed E-state index contributed by atoms with van der Waals surface area (Å²) >= 11 is 0. The van der Waals surface area contributed by atoms with Crippen molar-refractivity contribution in [1.29, 1.82) is 0 Å². The van der Waals surface area contributed by atoms with Crippen LogP contribution in [0.25, 0.3) is 0 Å². The van der Waals surface area contributed by atoms with Gasteiger partial charge in [-0.05, 0) is 44.9 Å². The summed E-state index contributed by atoms with van der Waals surface area (Å²) in [7, 11) is 0. The van der Waals surface area contributed by atoms with Crippen molar-refractivity contribution in [2.24, 2.45) is 11.8 Å². The second-order valence-electron chi connectivity index (χ2n) is 5.52. The van der Waals surface area contributed by atoms with Gasteiger partial charge in [0.15, 0.2) is 0 Å². The van der Waals surface area contributed by atoms with Gasteiger partial charge in [0, 0.05) is 5.69 Å². The number of anilines is 1. The molecule has 0 radical (unpaired) electrons. The normalized spacial score (nSPS) is 22.0. The Morgan fingerprint density at radius 2 is 1.81 bits per heavy atom. The SMILES string of the molecule is CC1=C(C)C[C@@H](C(=O)Nc2cccc(F)c2)[C@@H](C(=O)O)C1. The number of hydrogen-bond donors (Lipinski definition) is 2. The first-order valence-electron chi connectivity index (χ1n) is 6.83. The van der Waals surface area contributed by atoms with Crippen LogP contribution in [0.4, 0.5) is 10.1 Å². The monoisotopic (exact) mass is 291 g/mol. The van der Waals surface area contributed by atoms with Crippen molar-refractivity contribution in [2.45, 2.75) is 26.7 Å². The molecule has 1 amide bonds. The molecule has 0 heterocycles. The fraction of sp³-hybridized carbons (Fsp3) is 0.375. The molecule has 1 aromatic carbocycles. The largest absolute Gasteiger partial charge is 0.481 e. The van der Waals surface area contributed by atoms with E-state index in [-0.39, 0.29) is 5.91 Å². The Morgan fingerprint density at radius 1 is 1.19 bits per heavy atom. The molecule has 1 aliphatic carbocycles. The van der Waals surface area contributed by atoms with Crippen molar-refractivity contribution in [3.8, 4) is 0 Å². The highest BCUT2D eigenvalue weighted by Gasteiger charge is 2.37. The minimum atomic E-state index is -0.971. The topological polar surface area (TPSA) is 66.4 Å². The average Bonchev–Trinajstić information content (AvgIpc) is 2.41. The predicted molar refractivity (Wildman–Crippen MR) is 77.3 cm³/mol. The van der Waals surface area contributed by atoms with Crippen LogP contribution in [0.2, 0.25) is 0 Å². The van der Waals surface area contributed by atoms with E-state index in [0.717, 1.165) is 11.1 Å². The first-order chi connectivity index (χ1) is 9.88. The number of benzene rings is 1. The van der Waals surface area contributed by atoms with Gasteiger partial charge in [-0.2, -0.15) is 0 Å². The molecular weight excluding hydrogens is 273 g/mol. The van der Waals surface area contributed by atoms with Crippen molar-refractivity contribution in [3.63, 3.8) is 0 Å². The van der Waals surface area contributed by atoms with Crippen LogP contribution in [-0.2, 0) is 9.59 Å². The number of aliphatic carboxylic acids is 1. The van der Waals surface area contributed by atoms with Gasteiger partial charge in [-0.3, -0.25) is 9.59 Å². The summed E-state index contributed by atoms with van der Waals surface area (Å²) in [5.74, 6) is -3.16. The van der Waals surface area contributed by atoms with Gasteiger partial charge < -0.3 is 10.4 Å². The summed E-state index contributed by atoms with van der Waals surface area (Å²) in [6.45, 7) is 3.81. The lowest BCUT2D eigenvalue weighted by atomic mass is 9.76. The third kappa shape index (κ3) is 3.48. The van der Waals surface area contributed by atoms with Gasteiger partial charge in [-0.25, -0.2) is 4.39 Å². The van der Waals surface area contributed by atoms with Gasteiger partial charge in [0.05, 0.1) is 11.8 Å². The van der Waals surface area contributed by atoms with Crippen molar-refractivity contribution in [3.05, 3.63) is 41.2 Å². The summed E-state index contributed by atoms with van der Waals surface area (Å²) in [6.07, 6.45) is 0.798. The molecule has 2 atom stereocenters. The molecule has 0 bridgehead atoms. The Bertz CT molecular complexity index is 609. The Labute approximate surface area is 122 Å². The van der Waals surface area contributed by atoms with E-state index in [0.29, 0.717) is 18.5 Å². The summed E-state index contributed by atoms with van der Waals surface area (Å²) in [5, 5.41) is 11.9. The molecule has 2 rings (SSSR count). The molecule has 0 aromatic heterocycles. The fourth-order valence-corrected chi connectivity index (χ4v) is 2.63. The Balaban J connectivity index is 2.18. The highest BCUT2D eigenvalue weighted by molar-refractivity contribution is 5.95. The van der Waals surface area contributed by atoms with E-state index in [1.165, 1.54) is 18.2 Å². The van der Waals surface area contributed by atoms with Crippen LogP contribution in [0.3, 0.4) is 0 Å². The van der Waals surface area contributed by atoms with Crippen molar-refractivity contribution in [1.82, 2.24) is 0 Å². The Morgan fingerprint density at radius 3 is 2.38 bits per heavy atom. The first-order valence-corrected chi connectivity index (χ1v) is 6.83.